The van der Waals surface area contributed by atoms with Crippen molar-refractivity contribution < 1.29 is 9.90 Å². The fraction of sp³-hybridized carbons (Fsp3) is 0.250. The van der Waals surface area contributed by atoms with Gasteiger partial charge in [0, 0.05) is 23.0 Å². The predicted octanol–water partition coefficient (Wildman–Crippen LogP) is 3.81. The van der Waals surface area contributed by atoms with Gasteiger partial charge in [0.25, 0.3) is 0 Å². The molecule has 2 aromatic rings. The third-order valence-electron chi connectivity index (χ3n) is 3.37. The third-order valence-corrected chi connectivity index (χ3v) is 4.62. The molecule has 5 heteroatoms. The lowest BCUT2D eigenvalue weighted by molar-refractivity contribution is 0.0691. The van der Waals surface area contributed by atoms with Crippen LogP contribution in [0.15, 0.2) is 47.0 Å². The van der Waals surface area contributed by atoms with Gasteiger partial charge in [0.1, 0.15) is 5.69 Å². The maximum Gasteiger partial charge on any atom is 0.354 e. The van der Waals surface area contributed by atoms with Gasteiger partial charge in [0.05, 0.1) is 11.4 Å². The number of allylic oxidation sites excluding steroid dienone is 2. The number of aromatic carboxylic acids is 1. The van der Waals surface area contributed by atoms with Crippen molar-refractivity contribution in [3.05, 3.63) is 52.7 Å². The first kappa shape index (κ1) is 15.4. The van der Waals surface area contributed by atoms with Gasteiger partial charge in [-0.25, -0.2) is 9.78 Å². The number of carboxylic acids is 1. The number of para-hydroxylation sites is 1. The Kier molecular flexibility index (Phi) is 4.85. The fourth-order valence-electron chi connectivity index (χ4n) is 1.85. The van der Waals surface area contributed by atoms with Crippen LogP contribution in [0.2, 0.25) is 0 Å². The van der Waals surface area contributed by atoms with E-state index < -0.39 is 5.97 Å². The van der Waals surface area contributed by atoms with Gasteiger partial charge in [0.15, 0.2) is 0 Å². The third kappa shape index (κ3) is 3.76. The maximum atomic E-state index is 10.6. The lowest BCUT2D eigenvalue weighted by Crippen LogP contribution is -2.09. The Labute approximate surface area is 128 Å². The van der Waals surface area contributed by atoms with Crippen molar-refractivity contribution in [3.63, 3.8) is 0 Å². The van der Waals surface area contributed by atoms with E-state index in [4.69, 9.17) is 5.11 Å². The van der Waals surface area contributed by atoms with Crippen LogP contribution in [0, 0.1) is 0 Å². The van der Waals surface area contributed by atoms with Crippen molar-refractivity contribution in [1.82, 2.24) is 9.88 Å². The average Bonchev–Trinajstić information content (AvgIpc) is 2.78. The standard InChI is InChI=1S/C10H7NO2.C6H11NS/c12-10(13)9-6-5-7-3-1-2-4-8(7)11-9;1-5-6(2)8-4-7(5)3/h1-6H,(H,12,13);4H2,1-3H3. The average molecular weight is 302 g/mol. The Morgan fingerprint density at radius 1 is 1.24 bits per heavy atom. The molecule has 0 aliphatic carbocycles. The van der Waals surface area contributed by atoms with Gasteiger partial charge in [-0.2, -0.15) is 0 Å². The monoisotopic (exact) mass is 302 g/mol. The van der Waals surface area contributed by atoms with E-state index in [9.17, 15) is 4.79 Å². The van der Waals surface area contributed by atoms with Gasteiger partial charge in [0.2, 0.25) is 0 Å². The first-order chi connectivity index (χ1) is 9.99. The number of carbonyl (C=O) groups is 1. The molecule has 1 aliphatic rings. The summed E-state index contributed by atoms with van der Waals surface area (Å²) < 4.78 is 0. The molecule has 1 aliphatic heterocycles. The molecule has 1 N–H and O–H groups in total. The zero-order valence-corrected chi connectivity index (χ0v) is 13.1. The first-order valence-corrected chi connectivity index (χ1v) is 7.58. The van der Waals surface area contributed by atoms with Crippen molar-refractivity contribution in [2.75, 3.05) is 12.9 Å². The number of benzene rings is 1. The summed E-state index contributed by atoms with van der Waals surface area (Å²) in [5.74, 6) is 0.142. The second-order valence-corrected chi connectivity index (χ2v) is 5.97. The number of rotatable bonds is 1. The van der Waals surface area contributed by atoms with E-state index in [-0.39, 0.29) is 5.69 Å². The summed E-state index contributed by atoms with van der Waals surface area (Å²) in [6, 6.07) is 10.7. The molecule has 1 aromatic carbocycles. The van der Waals surface area contributed by atoms with E-state index in [0.29, 0.717) is 5.52 Å². The molecule has 0 radical (unpaired) electrons. The molecule has 0 bridgehead atoms. The van der Waals surface area contributed by atoms with Crippen LogP contribution >= 0.6 is 11.8 Å². The molecule has 21 heavy (non-hydrogen) atoms. The number of thioether (sulfide) groups is 1. The summed E-state index contributed by atoms with van der Waals surface area (Å²) in [5, 5.41) is 9.63. The number of nitrogens with zero attached hydrogens (tertiary/aromatic N) is 2. The van der Waals surface area contributed by atoms with Crippen LogP contribution in [0.25, 0.3) is 10.9 Å². The number of fused-ring (bicyclic) bond motifs is 1. The zero-order chi connectivity index (χ0) is 15.4. The summed E-state index contributed by atoms with van der Waals surface area (Å²) in [6.45, 7) is 4.33. The van der Waals surface area contributed by atoms with Crippen molar-refractivity contribution in [1.29, 1.82) is 0 Å². The number of pyridine rings is 1. The molecule has 2 heterocycles. The minimum absolute atomic E-state index is 0.0821. The predicted molar refractivity (Wildman–Crippen MR) is 87.3 cm³/mol. The van der Waals surface area contributed by atoms with E-state index in [0.717, 1.165) is 11.3 Å². The van der Waals surface area contributed by atoms with Gasteiger partial charge in [-0.3, -0.25) is 0 Å². The van der Waals surface area contributed by atoms with Gasteiger partial charge < -0.3 is 10.0 Å². The fourth-order valence-corrected chi connectivity index (χ4v) is 2.79. The molecule has 0 amide bonds. The minimum Gasteiger partial charge on any atom is -0.477 e. The zero-order valence-electron chi connectivity index (χ0n) is 12.3. The molecular weight excluding hydrogens is 284 g/mol. The quantitative estimate of drug-likeness (QED) is 0.868. The lowest BCUT2D eigenvalue weighted by atomic mass is 10.2. The molecule has 0 unspecified atom stereocenters. The molecule has 0 spiro atoms. The molecule has 0 saturated carbocycles. The van der Waals surface area contributed by atoms with Crippen molar-refractivity contribution in [2.24, 2.45) is 0 Å². The topological polar surface area (TPSA) is 53.4 Å². The molecule has 1 aromatic heterocycles. The van der Waals surface area contributed by atoms with Crippen LogP contribution in [0.5, 0.6) is 0 Å². The molecule has 3 rings (SSSR count). The van der Waals surface area contributed by atoms with Gasteiger partial charge in [-0.1, -0.05) is 24.3 Å². The van der Waals surface area contributed by atoms with Crippen molar-refractivity contribution >= 4 is 28.6 Å². The number of aromatic nitrogens is 1. The second kappa shape index (κ2) is 6.63. The molecule has 4 nitrogen and oxygen atoms in total. The van der Waals surface area contributed by atoms with E-state index >= 15 is 0 Å². The number of hydrogen-bond donors (Lipinski definition) is 1. The van der Waals surface area contributed by atoms with Crippen LogP contribution in [-0.2, 0) is 0 Å². The Balaban J connectivity index is 0.000000173. The Bertz CT molecular complexity index is 697. The largest absolute Gasteiger partial charge is 0.477 e. The van der Waals surface area contributed by atoms with E-state index in [1.54, 1.807) is 12.1 Å². The van der Waals surface area contributed by atoms with Crippen molar-refractivity contribution in [2.45, 2.75) is 13.8 Å². The van der Waals surface area contributed by atoms with Crippen molar-refractivity contribution in [3.8, 4) is 0 Å². The summed E-state index contributed by atoms with van der Waals surface area (Å²) in [5.41, 5.74) is 2.22. The highest BCUT2D eigenvalue weighted by atomic mass is 32.2. The Hall–Kier alpha value is -2.01. The maximum absolute atomic E-state index is 10.6. The number of hydrogen-bond acceptors (Lipinski definition) is 4. The second-order valence-electron chi connectivity index (χ2n) is 4.81. The van der Waals surface area contributed by atoms with Gasteiger partial charge in [-0.15, -0.1) is 11.8 Å². The number of carboxylic acid groups (broad SMARTS) is 1. The van der Waals surface area contributed by atoms with Crippen LogP contribution in [-0.4, -0.2) is 33.9 Å². The Morgan fingerprint density at radius 3 is 2.48 bits per heavy atom. The molecule has 110 valence electrons. The van der Waals surface area contributed by atoms with Crippen LogP contribution in [0.1, 0.15) is 24.3 Å². The summed E-state index contributed by atoms with van der Waals surface area (Å²) >= 11 is 1.92. The van der Waals surface area contributed by atoms with E-state index in [2.05, 4.69) is 30.8 Å². The molecule has 0 atom stereocenters. The summed E-state index contributed by atoms with van der Waals surface area (Å²) in [7, 11) is 2.12. The summed E-state index contributed by atoms with van der Waals surface area (Å²) in [4.78, 5) is 18.3. The SMILES string of the molecule is CC1=C(C)N(C)CS1.O=C(O)c1ccc2ccccc2n1. The van der Waals surface area contributed by atoms with E-state index in [1.807, 2.05) is 30.0 Å². The van der Waals surface area contributed by atoms with Gasteiger partial charge in [-0.05, 0) is 26.0 Å². The van der Waals surface area contributed by atoms with Crippen LogP contribution in [0.3, 0.4) is 0 Å². The van der Waals surface area contributed by atoms with E-state index in [1.165, 1.54) is 16.7 Å². The smallest absolute Gasteiger partial charge is 0.354 e. The minimum atomic E-state index is -0.995. The van der Waals surface area contributed by atoms with Crippen LogP contribution in [0.4, 0.5) is 0 Å². The highest BCUT2D eigenvalue weighted by Gasteiger charge is 2.10. The lowest BCUT2D eigenvalue weighted by Gasteiger charge is -2.09. The normalized spacial score (nSPS) is 14.1. The Morgan fingerprint density at radius 2 is 1.95 bits per heavy atom. The molecule has 0 saturated heterocycles. The van der Waals surface area contributed by atoms with Crippen LogP contribution < -0.4 is 0 Å². The highest BCUT2D eigenvalue weighted by Crippen LogP contribution is 2.28. The highest BCUT2D eigenvalue weighted by molar-refractivity contribution is 8.03. The first-order valence-electron chi connectivity index (χ1n) is 6.59. The summed E-state index contributed by atoms with van der Waals surface area (Å²) in [6.07, 6.45) is 0. The van der Waals surface area contributed by atoms with Gasteiger partial charge >= 0.3 is 5.97 Å². The molecule has 0 fully saturated rings. The molecular formula is C16H18N2O2S.